The fourth-order valence-electron chi connectivity index (χ4n) is 2.11. The van der Waals surface area contributed by atoms with Gasteiger partial charge in [-0.15, -0.1) is 0 Å². The van der Waals surface area contributed by atoms with Crippen LogP contribution in [-0.4, -0.2) is 13.7 Å². The van der Waals surface area contributed by atoms with Crippen molar-refractivity contribution in [1.29, 1.82) is 0 Å². The molecule has 0 amide bonds. The van der Waals surface area contributed by atoms with Crippen molar-refractivity contribution < 1.29 is 4.74 Å². The lowest BCUT2D eigenvalue weighted by Gasteiger charge is -2.19. The lowest BCUT2D eigenvalue weighted by molar-refractivity contribution is 0.394. The molecule has 96 valence electrons. The molecule has 0 aromatic heterocycles. The summed E-state index contributed by atoms with van der Waals surface area (Å²) >= 11 is 0. The van der Waals surface area contributed by atoms with Crippen LogP contribution in [0.25, 0.3) is 0 Å². The van der Waals surface area contributed by atoms with Crippen LogP contribution in [-0.2, 0) is 0 Å². The second-order valence-electron chi connectivity index (χ2n) is 4.77. The molecule has 0 heterocycles. The Hall–Kier alpha value is -1.02. The van der Waals surface area contributed by atoms with Gasteiger partial charge in [-0.25, -0.2) is 0 Å². The highest BCUT2D eigenvalue weighted by molar-refractivity contribution is 5.35. The van der Waals surface area contributed by atoms with Crippen molar-refractivity contribution >= 4 is 0 Å². The van der Waals surface area contributed by atoms with E-state index in [2.05, 4.69) is 38.2 Å². The van der Waals surface area contributed by atoms with E-state index in [1.807, 2.05) is 12.1 Å². The molecule has 2 atom stereocenters. The SMILES string of the molecule is CCCC(C)CN[C@@H](C)c1ccccc1OC. The van der Waals surface area contributed by atoms with Crippen molar-refractivity contribution in [2.24, 2.45) is 5.92 Å². The number of nitrogens with one attached hydrogen (secondary N) is 1. The molecule has 0 fully saturated rings. The number of para-hydroxylation sites is 1. The molecule has 0 aliphatic heterocycles. The van der Waals surface area contributed by atoms with Gasteiger partial charge in [-0.2, -0.15) is 0 Å². The molecule has 2 nitrogen and oxygen atoms in total. The first kappa shape index (κ1) is 14.0. The monoisotopic (exact) mass is 235 g/mol. The summed E-state index contributed by atoms with van der Waals surface area (Å²) in [7, 11) is 1.73. The third-order valence-corrected chi connectivity index (χ3v) is 3.16. The molecule has 0 bridgehead atoms. The molecule has 0 saturated heterocycles. The number of rotatable bonds is 7. The molecule has 0 aliphatic rings. The van der Waals surface area contributed by atoms with Crippen LogP contribution in [0, 0.1) is 5.92 Å². The molecule has 0 spiro atoms. The second kappa shape index (κ2) is 7.33. The highest BCUT2D eigenvalue weighted by Crippen LogP contribution is 2.24. The van der Waals surface area contributed by atoms with Crippen LogP contribution in [0.4, 0.5) is 0 Å². The molecule has 0 aliphatic carbocycles. The van der Waals surface area contributed by atoms with Crippen LogP contribution in [0.5, 0.6) is 5.75 Å². The van der Waals surface area contributed by atoms with Gasteiger partial charge in [0.05, 0.1) is 7.11 Å². The molecule has 17 heavy (non-hydrogen) atoms. The average molecular weight is 235 g/mol. The summed E-state index contributed by atoms with van der Waals surface area (Å²) in [6.07, 6.45) is 2.54. The molecule has 1 unspecified atom stereocenters. The van der Waals surface area contributed by atoms with Gasteiger partial charge in [0, 0.05) is 11.6 Å². The van der Waals surface area contributed by atoms with Gasteiger partial charge in [0.15, 0.2) is 0 Å². The highest BCUT2D eigenvalue weighted by Gasteiger charge is 2.11. The number of hydrogen-bond donors (Lipinski definition) is 1. The summed E-state index contributed by atoms with van der Waals surface area (Å²) in [6, 6.07) is 8.55. The largest absolute Gasteiger partial charge is 0.496 e. The maximum atomic E-state index is 5.38. The maximum Gasteiger partial charge on any atom is 0.123 e. The first-order valence-corrected chi connectivity index (χ1v) is 6.55. The Morgan fingerprint density at radius 3 is 2.59 bits per heavy atom. The zero-order valence-corrected chi connectivity index (χ0v) is 11.5. The van der Waals surface area contributed by atoms with Crippen molar-refractivity contribution in [1.82, 2.24) is 5.32 Å². The Morgan fingerprint density at radius 1 is 1.24 bits per heavy atom. The summed E-state index contributed by atoms with van der Waals surface area (Å²) in [5.41, 5.74) is 1.23. The Bertz CT molecular complexity index is 324. The van der Waals surface area contributed by atoms with E-state index in [1.54, 1.807) is 7.11 Å². The van der Waals surface area contributed by atoms with E-state index in [4.69, 9.17) is 4.74 Å². The predicted octanol–water partition coefficient (Wildman–Crippen LogP) is 3.78. The minimum absolute atomic E-state index is 0.338. The van der Waals surface area contributed by atoms with E-state index in [0.29, 0.717) is 6.04 Å². The van der Waals surface area contributed by atoms with Crippen LogP contribution in [0.2, 0.25) is 0 Å². The Kier molecular flexibility index (Phi) is 6.06. The molecule has 2 heteroatoms. The molecule has 0 saturated carbocycles. The summed E-state index contributed by atoms with van der Waals surface area (Å²) in [5, 5.41) is 3.58. The van der Waals surface area contributed by atoms with Crippen LogP contribution >= 0.6 is 0 Å². The second-order valence-corrected chi connectivity index (χ2v) is 4.77. The van der Waals surface area contributed by atoms with Crippen LogP contribution in [0.3, 0.4) is 0 Å². The maximum absolute atomic E-state index is 5.38. The fourth-order valence-corrected chi connectivity index (χ4v) is 2.11. The lowest BCUT2D eigenvalue weighted by atomic mass is 10.0. The van der Waals surface area contributed by atoms with E-state index in [9.17, 15) is 0 Å². The van der Waals surface area contributed by atoms with Crippen LogP contribution < -0.4 is 10.1 Å². The van der Waals surface area contributed by atoms with Crippen molar-refractivity contribution in [3.63, 3.8) is 0 Å². The summed E-state index contributed by atoms with van der Waals surface area (Å²) in [4.78, 5) is 0. The van der Waals surface area contributed by atoms with E-state index >= 15 is 0 Å². The van der Waals surface area contributed by atoms with E-state index in [0.717, 1.165) is 18.2 Å². The Labute approximate surface area is 105 Å². The van der Waals surface area contributed by atoms with Crippen molar-refractivity contribution in [2.45, 2.75) is 39.7 Å². The smallest absolute Gasteiger partial charge is 0.123 e. The molecule has 1 aromatic rings. The standard InChI is InChI=1S/C15H25NO/c1-5-8-12(2)11-16-13(3)14-9-6-7-10-15(14)17-4/h6-7,9-10,12-13,16H,5,8,11H2,1-4H3/t12?,13-/m0/s1. The highest BCUT2D eigenvalue weighted by atomic mass is 16.5. The van der Waals surface area contributed by atoms with Gasteiger partial charge >= 0.3 is 0 Å². The van der Waals surface area contributed by atoms with Gasteiger partial charge in [0.2, 0.25) is 0 Å². The molecular formula is C15H25NO. The minimum Gasteiger partial charge on any atom is -0.496 e. The molecule has 1 N–H and O–H groups in total. The van der Waals surface area contributed by atoms with Gasteiger partial charge in [-0.3, -0.25) is 0 Å². The number of ether oxygens (including phenoxy) is 1. The third kappa shape index (κ3) is 4.39. The van der Waals surface area contributed by atoms with Gasteiger partial charge in [0.1, 0.15) is 5.75 Å². The zero-order chi connectivity index (χ0) is 12.7. The Morgan fingerprint density at radius 2 is 1.94 bits per heavy atom. The van der Waals surface area contributed by atoms with Crippen LogP contribution in [0.15, 0.2) is 24.3 Å². The van der Waals surface area contributed by atoms with E-state index in [-0.39, 0.29) is 0 Å². The van der Waals surface area contributed by atoms with Crippen LogP contribution in [0.1, 0.15) is 45.2 Å². The summed E-state index contributed by atoms with van der Waals surface area (Å²) in [5.74, 6) is 1.70. The fraction of sp³-hybridized carbons (Fsp3) is 0.600. The van der Waals surface area contributed by atoms with E-state index in [1.165, 1.54) is 18.4 Å². The summed E-state index contributed by atoms with van der Waals surface area (Å²) in [6.45, 7) is 7.79. The molecular weight excluding hydrogens is 210 g/mol. The number of benzene rings is 1. The van der Waals surface area contributed by atoms with Gasteiger partial charge in [-0.05, 0) is 31.9 Å². The normalized spacial score (nSPS) is 14.4. The predicted molar refractivity (Wildman–Crippen MR) is 73.5 cm³/mol. The van der Waals surface area contributed by atoms with Crippen molar-refractivity contribution in [3.05, 3.63) is 29.8 Å². The molecule has 1 aromatic carbocycles. The molecule has 1 rings (SSSR count). The van der Waals surface area contributed by atoms with E-state index < -0.39 is 0 Å². The lowest BCUT2D eigenvalue weighted by Crippen LogP contribution is -2.24. The van der Waals surface area contributed by atoms with Crippen molar-refractivity contribution in [3.8, 4) is 5.75 Å². The topological polar surface area (TPSA) is 21.3 Å². The van der Waals surface area contributed by atoms with Gasteiger partial charge in [-0.1, -0.05) is 38.5 Å². The minimum atomic E-state index is 0.338. The third-order valence-electron chi connectivity index (χ3n) is 3.16. The van der Waals surface area contributed by atoms with Gasteiger partial charge in [0.25, 0.3) is 0 Å². The quantitative estimate of drug-likeness (QED) is 0.776. The first-order valence-electron chi connectivity index (χ1n) is 6.55. The number of methoxy groups -OCH3 is 1. The summed E-state index contributed by atoms with van der Waals surface area (Å²) < 4.78 is 5.38. The number of hydrogen-bond acceptors (Lipinski definition) is 2. The molecule has 0 radical (unpaired) electrons. The van der Waals surface area contributed by atoms with Gasteiger partial charge < -0.3 is 10.1 Å². The Balaban J connectivity index is 2.54. The zero-order valence-electron chi connectivity index (χ0n) is 11.5. The van der Waals surface area contributed by atoms with Crippen molar-refractivity contribution in [2.75, 3.05) is 13.7 Å². The average Bonchev–Trinajstić information content (AvgIpc) is 2.36. The first-order chi connectivity index (χ1) is 8.19.